The van der Waals surface area contributed by atoms with Gasteiger partial charge in [-0.3, -0.25) is 0 Å². The molecule has 0 atom stereocenters. The average molecular weight is 260 g/mol. The van der Waals surface area contributed by atoms with Crippen LogP contribution in [0, 0.1) is 12.7 Å². The molecule has 0 radical (unpaired) electrons. The van der Waals surface area contributed by atoms with E-state index in [1.165, 1.54) is 27.8 Å². The first-order valence-corrected chi connectivity index (χ1v) is 6.75. The molecule has 0 aliphatic rings. The fraction of sp³-hybridized carbons (Fsp3) is 0.0526. The summed E-state index contributed by atoms with van der Waals surface area (Å²) in [5.74, 6) is -0.156. The molecule has 0 heterocycles. The molecule has 0 aromatic heterocycles. The monoisotopic (exact) mass is 260 g/mol. The molecule has 0 saturated heterocycles. The van der Waals surface area contributed by atoms with Gasteiger partial charge in [-0.15, -0.1) is 0 Å². The van der Waals surface area contributed by atoms with Crippen LogP contribution in [0.1, 0.15) is 5.56 Å². The number of aryl methyl sites for hydroxylation is 1. The van der Waals surface area contributed by atoms with E-state index in [0.29, 0.717) is 5.39 Å². The molecule has 0 N–H and O–H groups in total. The van der Waals surface area contributed by atoms with Crippen molar-refractivity contribution >= 4 is 32.3 Å². The van der Waals surface area contributed by atoms with Crippen LogP contribution in [-0.2, 0) is 0 Å². The molecule has 0 aliphatic heterocycles. The number of benzene rings is 4. The van der Waals surface area contributed by atoms with Crippen molar-refractivity contribution in [1.29, 1.82) is 0 Å². The van der Waals surface area contributed by atoms with E-state index < -0.39 is 0 Å². The van der Waals surface area contributed by atoms with Gasteiger partial charge in [0.05, 0.1) is 0 Å². The van der Waals surface area contributed by atoms with Crippen LogP contribution in [0.3, 0.4) is 0 Å². The molecule has 0 fully saturated rings. The van der Waals surface area contributed by atoms with Crippen LogP contribution in [-0.4, -0.2) is 0 Å². The highest BCUT2D eigenvalue weighted by atomic mass is 19.1. The lowest BCUT2D eigenvalue weighted by atomic mass is 9.93. The van der Waals surface area contributed by atoms with Crippen molar-refractivity contribution < 1.29 is 4.39 Å². The van der Waals surface area contributed by atoms with Gasteiger partial charge in [0.25, 0.3) is 0 Å². The minimum Gasteiger partial charge on any atom is -0.206 e. The fourth-order valence-electron chi connectivity index (χ4n) is 3.14. The summed E-state index contributed by atoms with van der Waals surface area (Å²) < 4.78 is 14.0. The Kier molecular flexibility index (Phi) is 2.31. The zero-order valence-corrected chi connectivity index (χ0v) is 11.2. The predicted molar refractivity (Wildman–Crippen MR) is 83.7 cm³/mol. The van der Waals surface area contributed by atoms with Crippen molar-refractivity contribution in [3.8, 4) is 0 Å². The van der Waals surface area contributed by atoms with Crippen molar-refractivity contribution in [3.05, 3.63) is 72.0 Å². The van der Waals surface area contributed by atoms with Crippen molar-refractivity contribution in [3.63, 3.8) is 0 Å². The molecular formula is C19H13F. The summed E-state index contributed by atoms with van der Waals surface area (Å²) in [6, 6.07) is 19.8. The first kappa shape index (κ1) is 11.4. The molecule has 1 heteroatoms. The molecule has 0 bridgehead atoms. The minimum absolute atomic E-state index is 0.156. The van der Waals surface area contributed by atoms with Gasteiger partial charge < -0.3 is 0 Å². The number of hydrogen-bond donors (Lipinski definition) is 0. The fourth-order valence-corrected chi connectivity index (χ4v) is 3.14. The normalized spacial score (nSPS) is 11.5. The predicted octanol–water partition coefficient (Wildman–Crippen LogP) is 5.59. The Balaban J connectivity index is 2.34. The topological polar surface area (TPSA) is 0 Å². The second-order valence-electron chi connectivity index (χ2n) is 5.24. The summed E-state index contributed by atoms with van der Waals surface area (Å²) in [6.45, 7) is 2.10. The van der Waals surface area contributed by atoms with Gasteiger partial charge in [-0.1, -0.05) is 54.6 Å². The SMILES string of the molecule is Cc1cc2ccccc2c2ccc3c(F)cccc3c12. The van der Waals surface area contributed by atoms with E-state index in [-0.39, 0.29) is 5.82 Å². The smallest absolute Gasteiger partial charge is 0.131 e. The highest BCUT2D eigenvalue weighted by Crippen LogP contribution is 2.34. The third-order valence-electron chi connectivity index (χ3n) is 4.03. The Bertz CT molecular complexity index is 967. The van der Waals surface area contributed by atoms with Crippen molar-refractivity contribution in [1.82, 2.24) is 0 Å². The molecule has 96 valence electrons. The summed E-state index contributed by atoms with van der Waals surface area (Å²) >= 11 is 0. The molecule has 0 aliphatic carbocycles. The van der Waals surface area contributed by atoms with Crippen LogP contribution in [0.2, 0.25) is 0 Å². The van der Waals surface area contributed by atoms with E-state index in [4.69, 9.17) is 0 Å². The Morgan fingerprint density at radius 2 is 1.40 bits per heavy atom. The maximum atomic E-state index is 14.0. The highest BCUT2D eigenvalue weighted by Gasteiger charge is 2.09. The van der Waals surface area contributed by atoms with Crippen molar-refractivity contribution in [2.24, 2.45) is 0 Å². The highest BCUT2D eigenvalue weighted by molar-refractivity contribution is 6.18. The third kappa shape index (κ3) is 1.47. The molecule has 0 amide bonds. The summed E-state index contributed by atoms with van der Waals surface area (Å²) in [6.07, 6.45) is 0. The van der Waals surface area contributed by atoms with E-state index in [0.717, 1.165) is 10.8 Å². The quantitative estimate of drug-likeness (QED) is 0.361. The van der Waals surface area contributed by atoms with E-state index in [2.05, 4.69) is 25.1 Å². The first-order valence-electron chi connectivity index (χ1n) is 6.75. The summed E-state index contributed by atoms with van der Waals surface area (Å²) in [7, 11) is 0. The number of hydrogen-bond acceptors (Lipinski definition) is 0. The standard InChI is InChI=1S/C19H13F/c1-12-11-13-5-2-3-6-14(13)17-10-9-15-16(19(12)17)7-4-8-18(15)20/h2-11H,1H3. The third-order valence-corrected chi connectivity index (χ3v) is 4.03. The van der Waals surface area contributed by atoms with Crippen LogP contribution in [0.15, 0.2) is 60.7 Å². The Hall–Kier alpha value is -2.41. The molecule has 0 nitrogen and oxygen atoms in total. The van der Waals surface area contributed by atoms with Gasteiger partial charge in [0, 0.05) is 5.39 Å². The number of halogens is 1. The van der Waals surface area contributed by atoms with E-state index in [1.54, 1.807) is 6.07 Å². The van der Waals surface area contributed by atoms with Crippen molar-refractivity contribution in [2.75, 3.05) is 0 Å². The molecule has 4 aromatic carbocycles. The Labute approximate surface area is 116 Å². The molecule has 4 rings (SSSR count). The average Bonchev–Trinajstić information content (AvgIpc) is 2.47. The van der Waals surface area contributed by atoms with Gasteiger partial charge >= 0.3 is 0 Å². The molecule has 4 aromatic rings. The largest absolute Gasteiger partial charge is 0.206 e. The second-order valence-corrected chi connectivity index (χ2v) is 5.24. The molecule has 0 spiro atoms. The Morgan fingerprint density at radius 1 is 0.700 bits per heavy atom. The van der Waals surface area contributed by atoms with Crippen LogP contribution in [0.4, 0.5) is 4.39 Å². The van der Waals surface area contributed by atoms with Gasteiger partial charge in [0.1, 0.15) is 5.82 Å². The van der Waals surface area contributed by atoms with Crippen molar-refractivity contribution in [2.45, 2.75) is 6.92 Å². The molecule has 0 saturated carbocycles. The van der Waals surface area contributed by atoms with Crippen LogP contribution in [0.5, 0.6) is 0 Å². The minimum atomic E-state index is -0.156. The summed E-state index contributed by atoms with van der Waals surface area (Å²) in [5, 5.41) is 6.48. The number of fused-ring (bicyclic) bond motifs is 5. The molecule has 0 unspecified atom stereocenters. The lowest BCUT2D eigenvalue weighted by Gasteiger charge is -2.11. The van der Waals surface area contributed by atoms with Crippen LogP contribution in [0.25, 0.3) is 32.3 Å². The zero-order valence-electron chi connectivity index (χ0n) is 11.2. The van der Waals surface area contributed by atoms with Gasteiger partial charge in [0.15, 0.2) is 0 Å². The summed E-state index contributed by atoms with van der Waals surface area (Å²) in [5.41, 5.74) is 1.19. The zero-order chi connectivity index (χ0) is 13.7. The maximum Gasteiger partial charge on any atom is 0.131 e. The number of rotatable bonds is 0. The summed E-state index contributed by atoms with van der Waals surface area (Å²) in [4.78, 5) is 0. The van der Waals surface area contributed by atoms with Crippen LogP contribution >= 0.6 is 0 Å². The Morgan fingerprint density at radius 3 is 2.30 bits per heavy atom. The van der Waals surface area contributed by atoms with Gasteiger partial charge in [-0.05, 0) is 45.5 Å². The van der Waals surface area contributed by atoms with Gasteiger partial charge in [-0.2, -0.15) is 0 Å². The van der Waals surface area contributed by atoms with Gasteiger partial charge in [-0.25, -0.2) is 4.39 Å². The molecular weight excluding hydrogens is 247 g/mol. The molecule has 20 heavy (non-hydrogen) atoms. The van der Waals surface area contributed by atoms with Crippen LogP contribution < -0.4 is 0 Å². The lowest BCUT2D eigenvalue weighted by Crippen LogP contribution is -1.86. The lowest BCUT2D eigenvalue weighted by molar-refractivity contribution is 0.640. The van der Waals surface area contributed by atoms with E-state index in [1.807, 2.05) is 30.3 Å². The second kappa shape index (κ2) is 4.04. The maximum absolute atomic E-state index is 14.0. The van der Waals surface area contributed by atoms with E-state index >= 15 is 0 Å². The first-order chi connectivity index (χ1) is 9.75. The van der Waals surface area contributed by atoms with Gasteiger partial charge in [0.2, 0.25) is 0 Å². The van der Waals surface area contributed by atoms with E-state index in [9.17, 15) is 4.39 Å².